The Morgan fingerprint density at radius 2 is 1.88 bits per heavy atom. The van der Waals surface area contributed by atoms with Crippen molar-refractivity contribution in [1.29, 1.82) is 0 Å². The molecule has 4 nitrogen and oxygen atoms in total. The molecule has 0 aliphatic heterocycles. The summed E-state index contributed by atoms with van der Waals surface area (Å²) in [6, 6.07) is 3.81. The SMILES string of the molecule is CN(C)S(=O)(=O)c1ccc(Cl)c(C(=O)Cl)c1. The Labute approximate surface area is 104 Å². The highest BCUT2D eigenvalue weighted by atomic mass is 35.5. The van der Waals surface area contributed by atoms with E-state index in [9.17, 15) is 13.2 Å². The van der Waals surface area contributed by atoms with Gasteiger partial charge in [0, 0.05) is 14.1 Å². The first-order valence-electron chi connectivity index (χ1n) is 4.18. The summed E-state index contributed by atoms with van der Waals surface area (Å²) in [5.74, 6) is 0. The Balaban J connectivity index is 3.40. The summed E-state index contributed by atoms with van der Waals surface area (Å²) in [6.07, 6.45) is 0. The molecular weight excluding hydrogens is 273 g/mol. The fourth-order valence-corrected chi connectivity index (χ4v) is 2.36. The molecule has 0 radical (unpaired) electrons. The summed E-state index contributed by atoms with van der Waals surface area (Å²) in [5.41, 5.74) is -0.0220. The number of nitrogens with zero attached hydrogens (tertiary/aromatic N) is 1. The van der Waals surface area contributed by atoms with Gasteiger partial charge in [0.2, 0.25) is 10.0 Å². The zero-order chi connectivity index (χ0) is 12.5. The van der Waals surface area contributed by atoms with Crippen LogP contribution >= 0.6 is 23.2 Å². The van der Waals surface area contributed by atoms with Gasteiger partial charge in [-0.25, -0.2) is 12.7 Å². The third-order valence-electron chi connectivity index (χ3n) is 1.93. The van der Waals surface area contributed by atoms with Crippen LogP contribution in [-0.4, -0.2) is 32.1 Å². The summed E-state index contributed by atoms with van der Waals surface area (Å²) >= 11 is 11.0. The van der Waals surface area contributed by atoms with Crippen LogP contribution in [0.4, 0.5) is 0 Å². The van der Waals surface area contributed by atoms with E-state index in [1.54, 1.807) is 0 Å². The van der Waals surface area contributed by atoms with Gasteiger partial charge in [-0.15, -0.1) is 0 Å². The second-order valence-electron chi connectivity index (χ2n) is 3.20. The number of hydrogen-bond acceptors (Lipinski definition) is 3. The zero-order valence-corrected chi connectivity index (χ0v) is 10.9. The first kappa shape index (κ1) is 13.4. The number of carbonyl (C=O) groups is 1. The van der Waals surface area contributed by atoms with Gasteiger partial charge >= 0.3 is 0 Å². The summed E-state index contributed by atoms with van der Waals surface area (Å²) in [4.78, 5) is 11.0. The van der Waals surface area contributed by atoms with Gasteiger partial charge in [0.05, 0.1) is 15.5 Å². The van der Waals surface area contributed by atoms with Crippen LogP contribution in [0.5, 0.6) is 0 Å². The van der Waals surface area contributed by atoms with Gasteiger partial charge in [-0.3, -0.25) is 4.79 Å². The molecule has 0 N–H and O–H groups in total. The lowest BCUT2D eigenvalue weighted by atomic mass is 10.2. The van der Waals surface area contributed by atoms with E-state index in [0.29, 0.717) is 0 Å². The third-order valence-corrected chi connectivity index (χ3v) is 4.27. The number of hydrogen-bond donors (Lipinski definition) is 0. The van der Waals surface area contributed by atoms with E-state index in [2.05, 4.69) is 0 Å². The average Bonchev–Trinajstić information content (AvgIpc) is 2.17. The van der Waals surface area contributed by atoms with Gasteiger partial charge in [-0.1, -0.05) is 11.6 Å². The predicted octanol–water partition coefficient (Wildman–Crippen LogP) is 1.97. The van der Waals surface area contributed by atoms with E-state index in [1.807, 2.05) is 0 Å². The zero-order valence-electron chi connectivity index (χ0n) is 8.57. The molecule has 88 valence electrons. The van der Waals surface area contributed by atoms with Crippen LogP contribution in [0.15, 0.2) is 23.1 Å². The van der Waals surface area contributed by atoms with Crippen LogP contribution in [0.3, 0.4) is 0 Å². The maximum absolute atomic E-state index is 11.7. The average molecular weight is 282 g/mol. The lowest BCUT2D eigenvalue weighted by Gasteiger charge is -2.12. The van der Waals surface area contributed by atoms with Gasteiger partial charge < -0.3 is 0 Å². The fourth-order valence-electron chi connectivity index (χ4n) is 1.03. The molecule has 0 saturated heterocycles. The van der Waals surface area contributed by atoms with Crippen LogP contribution in [0, 0.1) is 0 Å². The predicted molar refractivity (Wildman–Crippen MR) is 62.5 cm³/mol. The van der Waals surface area contributed by atoms with Gasteiger partial charge in [-0.2, -0.15) is 0 Å². The topological polar surface area (TPSA) is 54.5 Å². The normalized spacial score (nSPS) is 11.8. The molecule has 0 spiro atoms. The Morgan fingerprint density at radius 3 is 2.31 bits per heavy atom. The summed E-state index contributed by atoms with van der Waals surface area (Å²) < 4.78 is 24.5. The largest absolute Gasteiger partial charge is 0.276 e. The molecule has 1 rings (SSSR count). The number of rotatable bonds is 3. The highest BCUT2D eigenvalue weighted by molar-refractivity contribution is 7.89. The Kier molecular flexibility index (Phi) is 3.96. The summed E-state index contributed by atoms with van der Waals surface area (Å²) in [5, 5.41) is -0.668. The quantitative estimate of drug-likeness (QED) is 0.796. The van der Waals surface area contributed by atoms with Crippen LogP contribution in [-0.2, 0) is 10.0 Å². The van der Waals surface area contributed by atoms with Crippen LogP contribution in [0.2, 0.25) is 5.02 Å². The lowest BCUT2D eigenvalue weighted by Crippen LogP contribution is -2.22. The number of carbonyl (C=O) groups excluding carboxylic acids is 1. The number of sulfonamides is 1. The fraction of sp³-hybridized carbons (Fsp3) is 0.222. The molecule has 0 unspecified atom stereocenters. The Bertz CT molecular complexity index is 526. The van der Waals surface area contributed by atoms with E-state index in [1.165, 1.54) is 26.2 Å². The van der Waals surface area contributed by atoms with E-state index < -0.39 is 15.3 Å². The highest BCUT2D eigenvalue weighted by Crippen LogP contribution is 2.23. The van der Waals surface area contributed by atoms with Crippen molar-refractivity contribution < 1.29 is 13.2 Å². The molecule has 0 amide bonds. The molecule has 1 aromatic rings. The van der Waals surface area contributed by atoms with Crippen molar-refractivity contribution in [3.63, 3.8) is 0 Å². The molecule has 0 fully saturated rings. The van der Waals surface area contributed by atoms with Crippen LogP contribution < -0.4 is 0 Å². The minimum absolute atomic E-state index is 0.0220. The van der Waals surface area contributed by atoms with E-state index in [-0.39, 0.29) is 15.5 Å². The van der Waals surface area contributed by atoms with Crippen molar-refractivity contribution in [1.82, 2.24) is 4.31 Å². The second-order valence-corrected chi connectivity index (χ2v) is 6.11. The molecule has 0 bridgehead atoms. The Hall–Kier alpha value is -0.620. The van der Waals surface area contributed by atoms with Crippen molar-refractivity contribution in [3.05, 3.63) is 28.8 Å². The number of halogens is 2. The minimum Gasteiger partial charge on any atom is -0.276 e. The van der Waals surface area contributed by atoms with E-state index >= 15 is 0 Å². The molecule has 0 aromatic heterocycles. The van der Waals surface area contributed by atoms with Gasteiger partial charge in [-0.05, 0) is 29.8 Å². The second kappa shape index (κ2) is 4.71. The summed E-state index contributed by atoms with van der Waals surface area (Å²) in [6.45, 7) is 0. The smallest absolute Gasteiger partial charge is 0.253 e. The van der Waals surface area contributed by atoms with Crippen molar-refractivity contribution >= 4 is 38.5 Å². The molecule has 0 aliphatic carbocycles. The van der Waals surface area contributed by atoms with E-state index in [4.69, 9.17) is 23.2 Å². The van der Waals surface area contributed by atoms with Crippen molar-refractivity contribution in [3.8, 4) is 0 Å². The third kappa shape index (κ3) is 2.55. The first-order valence-corrected chi connectivity index (χ1v) is 6.38. The highest BCUT2D eigenvalue weighted by Gasteiger charge is 2.19. The van der Waals surface area contributed by atoms with Crippen LogP contribution in [0.1, 0.15) is 10.4 Å². The molecule has 7 heteroatoms. The lowest BCUT2D eigenvalue weighted by molar-refractivity contribution is 0.108. The Morgan fingerprint density at radius 1 is 1.31 bits per heavy atom. The van der Waals surface area contributed by atoms with Crippen molar-refractivity contribution in [2.45, 2.75) is 4.90 Å². The van der Waals surface area contributed by atoms with Gasteiger partial charge in [0.15, 0.2) is 0 Å². The molecular formula is C9H9Cl2NO3S. The molecule has 16 heavy (non-hydrogen) atoms. The first-order chi connectivity index (χ1) is 7.26. The maximum Gasteiger partial charge on any atom is 0.253 e. The minimum atomic E-state index is -3.59. The van der Waals surface area contributed by atoms with Gasteiger partial charge in [0.1, 0.15) is 0 Å². The number of benzene rings is 1. The summed E-state index contributed by atoms with van der Waals surface area (Å²) in [7, 11) is -0.796. The maximum atomic E-state index is 11.7. The van der Waals surface area contributed by atoms with Crippen molar-refractivity contribution in [2.75, 3.05) is 14.1 Å². The molecule has 0 aliphatic rings. The van der Waals surface area contributed by atoms with Crippen LogP contribution in [0.25, 0.3) is 0 Å². The monoisotopic (exact) mass is 281 g/mol. The van der Waals surface area contributed by atoms with Crippen molar-refractivity contribution in [2.24, 2.45) is 0 Å². The molecule has 0 heterocycles. The molecule has 0 saturated carbocycles. The van der Waals surface area contributed by atoms with Gasteiger partial charge in [0.25, 0.3) is 5.24 Å². The molecule has 0 atom stereocenters. The standard InChI is InChI=1S/C9H9Cl2NO3S/c1-12(2)16(14,15)6-3-4-8(10)7(5-6)9(11)13/h3-5H,1-2H3. The van der Waals surface area contributed by atoms with E-state index in [0.717, 1.165) is 10.4 Å². The molecule has 1 aromatic carbocycles.